The summed E-state index contributed by atoms with van der Waals surface area (Å²) in [7, 11) is 0. The first-order chi connectivity index (χ1) is 9.37. The van der Waals surface area contributed by atoms with Gasteiger partial charge < -0.3 is 15.4 Å². The number of aromatic nitrogens is 2. The van der Waals surface area contributed by atoms with E-state index in [4.69, 9.17) is 4.74 Å². The van der Waals surface area contributed by atoms with Gasteiger partial charge in [0, 0.05) is 18.8 Å². The van der Waals surface area contributed by atoms with Crippen LogP contribution in [0.4, 0.5) is 4.79 Å². The molecular formula is C14H24N4O2. The molecule has 0 saturated heterocycles. The summed E-state index contributed by atoms with van der Waals surface area (Å²) in [5.41, 5.74) is 0.488. The van der Waals surface area contributed by atoms with Gasteiger partial charge in [-0.05, 0) is 46.7 Å². The molecule has 1 unspecified atom stereocenters. The highest BCUT2D eigenvalue weighted by molar-refractivity contribution is 5.67. The van der Waals surface area contributed by atoms with E-state index in [2.05, 4.69) is 20.6 Å². The maximum absolute atomic E-state index is 11.6. The lowest BCUT2D eigenvalue weighted by Gasteiger charge is -2.22. The molecule has 1 aromatic heterocycles. The minimum atomic E-state index is -0.463. The van der Waals surface area contributed by atoms with Gasteiger partial charge in [0.25, 0.3) is 0 Å². The van der Waals surface area contributed by atoms with Crippen LogP contribution in [0.5, 0.6) is 0 Å². The molecule has 0 fully saturated rings. The third kappa shape index (κ3) is 7.68. The van der Waals surface area contributed by atoms with Gasteiger partial charge in [-0.2, -0.15) is 0 Å². The summed E-state index contributed by atoms with van der Waals surface area (Å²) >= 11 is 0. The highest BCUT2D eigenvalue weighted by Crippen LogP contribution is 2.07. The molecule has 112 valence electrons. The number of alkyl carbamates (subject to hydrolysis) is 1. The number of hydrogen-bond acceptors (Lipinski definition) is 5. The second kappa shape index (κ2) is 7.79. The van der Waals surface area contributed by atoms with E-state index in [0.717, 1.165) is 18.7 Å². The fourth-order valence-corrected chi connectivity index (χ4v) is 1.54. The van der Waals surface area contributed by atoms with Crippen LogP contribution in [0, 0.1) is 0 Å². The van der Waals surface area contributed by atoms with E-state index in [1.165, 1.54) is 6.33 Å². The lowest BCUT2D eigenvalue weighted by molar-refractivity contribution is 0.0506. The van der Waals surface area contributed by atoms with Gasteiger partial charge in [-0.1, -0.05) is 0 Å². The molecule has 0 spiro atoms. The molecule has 0 aliphatic carbocycles. The van der Waals surface area contributed by atoms with Crippen LogP contribution >= 0.6 is 0 Å². The summed E-state index contributed by atoms with van der Waals surface area (Å²) in [5, 5.41) is 6.08. The zero-order valence-corrected chi connectivity index (χ0v) is 12.6. The van der Waals surface area contributed by atoms with Gasteiger partial charge in [0.05, 0.1) is 5.69 Å². The predicted molar refractivity (Wildman–Crippen MR) is 77.2 cm³/mol. The Morgan fingerprint density at radius 2 is 2.20 bits per heavy atom. The lowest BCUT2D eigenvalue weighted by Crippen LogP contribution is -2.38. The number of amides is 1. The molecule has 1 aromatic rings. The zero-order chi connectivity index (χ0) is 15.0. The number of carbonyl (C=O) groups is 1. The largest absolute Gasteiger partial charge is 0.444 e. The van der Waals surface area contributed by atoms with E-state index in [9.17, 15) is 4.79 Å². The fraction of sp³-hybridized carbons (Fsp3) is 0.643. The topological polar surface area (TPSA) is 76.1 Å². The summed E-state index contributed by atoms with van der Waals surface area (Å²) < 4.78 is 5.20. The Labute approximate surface area is 120 Å². The van der Waals surface area contributed by atoms with Crippen molar-refractivity contribution in [2.75, 3.05) is 6.54 Å². The Kier molecular flexibility index (Phi) is 6.38. The van der Waals surface area contributed by atoms with Crippen molar-refractivity contribution in [1.82, 2.24) is 20.6 Å². The van der Waals surface area contributed by atoms with Crippen molar-refractivity contribution < 1.29 is 9.53 Å². The first kappa shape index (κ1) is 16.4. The number of carbonyl (C=O) groups excluding carboxylic acids is 1. The van der Waals surface area contributed by atoms with Crippen molar-refractivity contribution in [2.45, 2.75) is 52.3 Å². The molecular weight excluding hydrogens is 256 g/mol. The predicted octanol–water partition coefficient (Wildman–Crippen LogP) is 1.87. The standard InChI is InChI=1S/C14H24N4O2/c1-11(18-13(19)20-14(2,3)4)5-7-15-9-12-6-8-16-10-17-12/h6,8,10-11,15H,5,7,9H2,1-4H3,(H,18,19). The van der Waals surface area contributed by atoms with Gasteiger partial charge in [-0.3, -0.25) is 0 Å². The second-order valence-electron chi connectivity index (χ2n) is 5.71. The van der Waals surface area contributed by atoms with Crippen LogP contribution in [-0.4, -0.2) is 34.2 Å². The molecule has 1 atom stereocenters. The third-order valence-corrected chi connectivity index (χ3v) is 2.47. The number of rotatable bonds is 6. The molecule has 0 aliphatic rings. The summed E-state index contributed by atoms with van der Waals surface area (Å²) in [5.74, 6) is 0. The Morgan fingerprint density at radius 1 is 1.45 bits per heavy atom. The van der Waals surface area contributed by atoms with Crippen LogP contribution in [0.3, 0.4) is 0 Å². The van der Waals surface area contributed by atoms with Crippen molar-refractivity contribution in [2.24, 2.45) is 0 Å². The van der Waals surface area contributed by atoms with E-state index in [-0.39, 0.29) is 12.1 Å². The van der Waals surface area contributed by atoms with Crippen molar-refractivity contribution in [3.8, 4) is 0 Å². The molecule has 1 heterocycles. The van der Waals surface area contributed by atoms with E-state index in [1.54, 1.807) is 6.20 Å². The number of ether oxygens (including phenoxy) is 1. The van der Waals surface area contributed by atoms with E-state index < -0.39 is 5.60 Å². The molecule has 6 heteroatoms. The molecule has 0 aliphatic heterocycles. The highest BCUT2D eigenvalue weighted by Gasteiger charge is 2.17. The van der Waals surface area contributed by atoms with Crippen LogP contribution in [0.15, 0.2) is 18.6 Å². The van der Waals surface area contributed by atoms with Crippen molar-refractivity contribution in [3.63, 3.8) is 0 Å². The Bertz CT molecular complexity index is 403. The average Bonchev–Trinajstić information content (AvgIpc) is 2.33. The monoisotopic (exact) mass is 280 g/mol. The maximum atomic E-state index is 11.6. The van der Waals surface area contributed by atoms with Gasteiger partial charge in [0.1, 0.15) is 11.9 Å². The summed E-state index contributed by atoms with van der Waals surface area (Å²) in [6.45, 7) is 8.99. The van der Waals surface area contributed by atoms with E-state index in [1.807, 2.05) is 33.8 Å². The van der Waals surface area contributed by atoms with Gasteiger partial charge in [0.2, 0.25) is 0 Å². The van der Waals surface area contributed by atoms with Crippen LogP contribution in [0.25, 0.3) is 0 Å². The molecule has 1 amide bonds. The molecule has 2 N–H and O–H groups in total. The molecule has 0 radical (unpaired) electrons. The highest BCUT2D eigenvalue weighted by atomic mass is 16.6. The SMILES string of the molecule is CC(CCNCc1ccncn1)NC(=O)OC(C)(C)C. The summed E-state index contributed by atoms with van der Waals surface area (Å²) in [6, 6.07) is 1.93. The van der Waals surface area contributed by atoms with Crippen LogP contribution in [0.1, 0.15) is 39.8 Å². The van der Waals surface area contributed by atoms with Crippen molar-refractivity contribution >= 4 is 6.09 Å². The molecule has 20 heavy (non-hydrogen) atoms. The normalized spacial score (nSPS) is 12.8. The van der Waals surface area contributed by atoms with Crippen molar-refractivity contribution in [3.05, 3.63) is 24.3 Å². The van der Waals surface area contributed by atoms with Crippen molar-refractivity contribution in [1.29, 1.82) is 0 Å². The van der Waals surface area contributed by atoms with E-state index >= 15 is 0 Å². The average molecular weight is 280 g/mol. The zero-order valence-electron chi connectivity index (χ0n) is 12.6. The van der Waals surface area contributed by atoms with Crippen LogP contribution in [-0.2, 0) is 11.3 Å². The van der Waals surface area contributed by atoms with Crippen LogP contribution in [0.2, 0.25) is 0 Å². The molecule has 6 nitrogen and oxygen atoms in total. The number of nitrogens with zero attached hydrogens (tertiary/aromatic N) is 2. The Hall–Kier alpha value is -1.69. The molecule has 0 bridgehead atoms. The quantitative estimate of drug-likeness (QED) is 0.778. The summed E-state index contributed by atoms with van der Waals surface area (Å²) in [6.07, 6.45) is 3.70. The van der Waals surface area contributed by atoms with Gasteiger partial charge >= 0.3 is 6.09 Å². The first-order valence-corrected chi connectivity index (χ1v) is 6.82. The Morgan fingerprint density at radius 3 is 2.80 bits per heavy atom. The first-order valence-electron chi connectivity index (χ1n) is 6.82. The smallest absolute Gasteiger partial charge is 0.407 e. The molecule has 0 aromatic carbocycles. The minimum Gasteiger partial charge on any atom is -0.444 e. The maximum Gasteiger partial charge on any atom is 0.407 e. The third-order valence-electron chi connectivity index (χ3n) is 2.47. The van der Waals surface area contributed by atoms with Gasteiger partial charge in [-0.15, -0.1) is 0 Å². The second-order valence-corrected chi connectivity index (χ2v) is 5.71. The number of hydrogen-bond donors (Lipinski definition) is 2. The van der Waals surface area contributed by atoms with E-state index in [0.29, 0.717) is 6.54 Å². The fourth-order valence-electron chi connectivity index (χ4n) is 1.54. The Balaban J connectivity index is 2.14. The van der Waals surface area contributed by atoms with Crippen LogP contribution < -0.4 is 10.6 Å². The summed E-state index contributed by atoms with van der Waals surface area (Å²) in [4.78, 5) is 19.5. The molecule has 0 saturated carbocycles. The number of nitrogens with one attached hydrogen (secondary N) is 2. The van der Waals surface area contributed by atoms with Gasteiger partial charge in [-0.25, -0.2) is 14.8 Å². The molecule has 1 rings (SSSR count). The lowest BCUT2D eigenvalue weighted by atomic mass is 10.2. The van der Waals surface area contributed by atoms with Gasteiger partial charge in [0.15, 0.2) is 0 Å². The minimum absolute atomic E-state index is 0.0581.